The summed E-state index contributed by atoms with van der Waals surface area (Å²) in [4.78, 5) is 40.3. The van der Waals surface area contributed by atoms with Crippen LogP contribution in [0.15, 0.2) is 43.0 Å². The van der Waals surface area contributed by atoms with Gasteiger partial charge in [-0.2, -0.15) is 5.10 Å². The summed E-state index contributed by atoms with van der Waals surface area (Å²) in [6.07, 6.45) is 14.5. The number of anilines is 1. The smallest absolute Gasteiger partial charge is 0.410 e. The Morgan fingerprint density at radius 1 is 1.00 bits per heavy atom. The lowest BCUT2D eigenvalue weighted by Gasteiger charge is -2.55. The number of hydrogen-bond acceptors (Lipinski definition) is 7. The number of amides is 2. The Kier molecular flexibility index (Phi) is 9.17. The van der Waals surface area contributed by atoms with Crippen LogP contribution in [0.5, 0.6) is 5.75 Å². The molecule has 2 bridgehead atoms. The lowest BCUT2D eigenvalue weighted by molar-refractivity contribution is -0.124. The van der Waals surface area contributed by atoms with E-state index < -0.39 is 0 Å². The molecule has 3 aromatic rings. The monoisotopic (exact) mass is 668 g/mol. The van der Waals surface area contributed by atoms with E-state index in [2.05, 4.69) is 56.0 Å². The number of fused-ring (bicyclic) bond motifs is 3. The molecular formula is C39H52N6O4. The molecule has 10 nitrogen and oxygen atoms in total. The Morgan fingerprint density at radius 2 is 1.71 bits per heavy atom. The van der Waals surface area contributed by atoms with E-state index in [-0.39, 0.29) is 40.9 Å². The molecule has 5 fully saturated rings. The van der Waals surface area contributed by atoms with Gasteiger partial charge in [-0.3, -0.25) is 14.4 Å². The normalized spacial score (nSPS) is 26.8. The molecule has 2 aromatic heterocycles. The Hall–Kier alpha value is -3.95. The van der Waals surface area contributed by atoms with Crippen molar-refractivity contribution in [3.8, 4) is 17.0 Å². The van der Waals surface area contributed by atoms with Crippen LogP contribution in [0.3, 0.4) is 0 Å². The topological polar surface area (TPSA) is 103 Å². The standard InChI is InChI=1S/C39H52N6O4/c1-26(2)45-23-30(20-42-45)33-19-35(41-25-40-33)44(36(46)29-6-9-32(10-7-29)49-37(47)43-21-27(3)22-43)24-38-12-15-39(16-13-38,17-14-38)31-8-11-34(48-5)28(4)18-31/h8,11,18-20,23,25-27,29,32H,6-7,9-10,12-17,21-22,24H2,1-5H3. The third-order valence-corrected chi connectivity index (χ3v) is 12.1. The van der Waals surface area contributed by atoms with E-state index in [1.807, 2.05) is 28.0 Å². The maximum atomic E-state index is 14.6. The largest absolute Gasteiger partial charge is 0.496 e. The summed E-state index contributed by atoms with van der Waals surface area (Å²) in [5, 5.41) is 4.53. The van der Waals surface area contributed by atoms with E-state index in [0.29, 0.717) is 44.0 Å². The first-order valence-corrected chi connectivity index (χ1v) is 18.4. The number of carbonyl (C=O) groups is 2. The molecule has 0 unspecified atom stereocenters. The second kappa shape index (κ2) is 13.4. The van der Waals surface area contributed by atoms with E-state index >= 15 is 0 Å². The summed E-state index contributed by atoms with van der Waals surface area (Å²) in [5.74, 6) is 2.14. The molecular weight excluding hydrogens is 616 g/mol. The van der Waals surface area contributed by atoms with Crippen LogP contribution >= 0.6 is 0 Å². The Labute approximate surface area is 290 Å². The van der Waals surface area contributed by atoms with E-state index in [0.717, 1.165) is 68.6 Å². The zero-order chi connectivity index (χ0) is 34.3. The van der Waals surface area contributed by atoms with Crippen LogP contribution in [0.25, 0.3) is 11.3 Å². The van der Waals surface area contributed by atoms with Crippen molar-refractivity contribution in [2.24, 2.45) is 17.3 Å². The first-order chi connectivity index (χ1) is 23.6. The number of rotatable bonds is 9. The highest BCUT2D eigenvalue weighted by Crippen LogP contribution is 2.58. The summed E-state index contributed by atoms with van der Waals surface area (Å²) < 4.78 is 13.3. The summed E-state index contributed by atoms with van der Waals surface area (Å²) in [6.45, 7) is 10.7. The number of benzene rings is 1. The van der Waals surface area contributed by atoms with Crippen molar-refractivity contribution in [3.63, 3.8) is 0 Å². The zero-order valence-electron chi connectivity index (χ0n) is 29.9. The third-order valence-electron chi connectivity index (χ3n) is 12.1. The van der Waals surface area contributed by atoms with Crippen molar-refractivity contribution >= 4 is 17.8 Å². The maximum Gasteiger partial charge on any atom is 0.410 e. The van der Waals surface area contributed by atoms with Crippen LogP contribution < -0.4 is 9.64 Å². The van der Waals surface area contributed by atoms with Crippen LogP contribution in [0.1, 0.15) is 102 Å². The number of likely N-dealkylation sites (tertiary alicyclic amines) is 1. The Morgan fingerprint density at radius 3 is 2.33 bits per heavy atom. The number of ether oxygens (including phenoxy) is 2. The van der Waals surface area contributed by atoms with Gasteiger partial charge in [-0.05, 0) is 119 Å². The first-order valence-electron chi connectivity index (χ1n) is 18.4. The second-order valence-electron chi connectivity index (χ2n) is 15.8. The van der Waals surface area contributed by atoms with Crippen molar-refractivity contribution in [2.45, 2.75) is 109 Å². The van der Waals surface area contributed by atoms with Gasteiger partial charge in [0, 0.05) is 49.4 Å². The Bertz CT molecular complexity index is 1650. The molecule has 3 heterocycles. The molecule has 8 rings (SSSR count). The molecule has 5 aliphatic rings. The van der Waals surface area contributed by atoms with Crippen LogP contribution in [0.2, 0.25) is 0 Å². The fourth-order valence-corrected chi connectivity index (χ4v) is 8.87. The molecule has 0 atom stereocenters. The van der Waals surface area contributed by atoms with Gasteiger partial charge in [0.2, 0.25) is 5.91 Å². The SMILES string of the molecule is COc1ccc(C23CCC(CN(C(=O)C4CCC(OC(=O)N5CC(C)C5)CC4)c4cc(-c5cnn(C(C)C)c5)ncn4)(CC2)CC3)cc1C. The fourth-order valence-electron chi connectivity index (χ4n) is 8.87. The predicted octanol–water partition coefficient (Wildman–Crippen LogP) is 7.51. The molecule has 0 spiro atoms. The lowest BCUT2D eigenvalue weighted by atomic mass is 9.51. The van der Waals surface area contributed by atoms with Gasteiger partial charge in [0.05, 0.1) is 19.0 Å². The Balaban J connectivity index is 1.10. The van der Waals surface area contributed by atoms with E-state index in [4.69, 9.17) is 14.5 Å². The van der Waals surface area contributed by atoms with E-state index in [1.165, 1.54) is 11.1 Å². The molecule has 1 saturated heterocycles. The third kappa shape index (κ3) is 6.67. The highest BCUT2D eigenvalue weighted by Gasteiger charge is 2.51. The molecule has 10 heteroatoms. The summed E-state index contributed by atoms with van der Waals surface area (Å²) in [7, 11) is 1.73. The van der Waals surface area contributed by atoms with Crippen molar-refractivity contribution in [2.75, 3.05) is 31.6 Å². The van der Waals surface area contributed by atoms with E-state index in [9.17, 15) is 9.59 Å². The van der Waals surface area contributed by atoms with Gasteiger partial charge < -0.3 is 14.4 Å². The van der Waals surface area contributed by atoms with Crippen molar-refractivity contribution < 1.29 is 19.1 Å². The zero-order valence-corrected chi connectivity index (χ0v) is 29.9. The number of nitrogens with zero attached hydrogens (tertiary/aromatic N) is 6. The average molecular weight is 669 g/mol. The molecule has 0 radical (unpaired) electrons. The van der Waals surface area contributed by atoms with Crippen LogP contribution in [-0.2, 0) is 14.9 Å². The number of methoxy groups -OCH3 is 1. The lowest BCUT2D eigenvalue weighted by Crippen LogP contribution is -2.52. The van der Waals surface area contributed by atoms with Crippen molar-refractivity contribution in [1.29, 1.82) is 0 Å². The summed E-state index contributed by atoms with van der Waals surface area (Å²) >= 11 is 0. The van der Waals surface area contributed by atoms with Gasteiger partial charge in [0.1, 0.15) is 24.0 Å². The van der Waals surface area contributed by atoms with Crippen molar-refractivity contribution in [3.05, 3.63) is 54.1 Å². The molecule has 2 amide bonds. The average Bonchev–Trinajstić information content (AvgIpc) is 3.61. The minimum absolute atomic E-state index is 0.0493. The van der Waals surface area contributed by atoms with E-state index in [1.54, 1.807) is 18.3 Å². The van der Waals surface area contributed by atoms with Gasteiger partial charge in [0.15, 0.2) is 0 Å². The van der Waals surface area contributed by atoms with Gasteiger partial charge >= 0.3 is 6.09 Å². The van der Waals surface area contributed by atoms with Gasteiger partial charge in [0.25, 0.3) is 0 Å². The van der Waals surface area contributed by atoms with Crippen LogP contribution in [0.4, 0.5) is 10.6 Å². The molecule has 1 aromatic carbocycles. The van der Waals surface area contributed by atoms with Crippen LogP contribution in [0, 0.1) is 24.2 Å². The van der Waals surface area contributed by atoms with Crippen molar-refractivity contribution in [1.82, 2.24) is 24.6 Å². The highest BCUT2D eigenvalue weighted by molar-refractivity contribution is 5.94. The number of aryl methyl sites for hydroxylation is 1. The predicted molar refractivity (Wildman–Crippen MR) is 188 cm³/mol. The van der Waals surface area contributed by atoms with Crippen LogP contribution in [-0.4, -0.2) is 69.5 Å². The second-order valence-corrected chi connectivity index (χ2v) is 15.8. The summed E-state index contributed by atoms with van der Waals surface area (Å²) in [6, 6.07) is 8.92. The number of carbonyl (C=O) groups excluding carboxylic acids is 2. The molecule has 49 heavy (non-hydrogen) atoms. The minimum Gasteiger partial charge on any atom is -0.496 e. The maximum absolute atomic E-state index is 14.6. The molecule has 262 valence electrons. The van der Waals surface area contributed by atoms with Gasteiger partial charge in [-0.1, -0.05) is 19.1 Å². The van der Waals surface area contributed by atoms with Gasteiger partial charge in [-0.25, -0.2) is 14.8 Å². The number of aromatic nitrogens is 4. The quantitative estimate of drug-likeness (QED) is 0.233. The number of hydrogen-bond donors (Lipinski definition) is 0. The molecule has 4 saturated carbocycles. The molecule has 1 aliphatic heterocycles. The first kappa shape index (κ1) is 33.5. The fraction of sp³-hybridized carbons (Fsp3) is 0.615. The molecule has 4 aliphatic carbocycles. The minimum atomic E-state index is -0.210. The van der Waals surface area contributed by atoms with Gasteiger partial charge in [-0.15, -0.1) is 0 Å². The molecule has 0 N–H and O–H groups in total. The summed E-state index contributed by atoms with van der Waals surface area (Å²) in [5.41, 5.74) is 4.53. The highest BCUT2D eigenvalue weighted by atomic mass is 16.6.